The van der Waals surface area contributed by atoms with Gasteiger partial charge in [0.25, 0.3) is 0 Å². The standard InChI is InChI=1S/C24H33N3O.C6H8O7/c1-23(2)14-21(15-24(3,4)26-23)27(17-20-7-5-6-11-25-20)16-18-8-9-22-19(13-18)10-12-28-22;7-3(8)1-6(13,5(11)12)2-4(9)10/h5-9,11,13,21,26H,10,12,14-17H2,1-4H3;13H,1-2H2,(H,7,8)(H,9,10)(H,11,12). The van der Waals surface area contributed by atoms with E-state index in [4.69, 9.17) is 25.2 Å². The number of pyridine rings is 1. The van der Waals surface area contributed by atoms with Crippen LogP contribution in [0, 0.1) is 0 Å². The molecule has 1 aromatic heterocycles. The van der Waals surface area contributed by atoms with E-state index in [0.29, 0.717) is 6.04 Å². The molecule has 3 heterocycles. The molecule has 2 aliphatic heterocycles. The molecule has 4 rings (SSSR count). The monoisotopic (exact) mass is 571 g/mol. The molecule has 0 saturated carbocycles. The van der Waals surface area contributed by atoms with Crippen LogP contribution in [0.1, 0.15) is 70.2 Å². The number of carboxylic acid groups (broad SMARTS) is 3. The highest BCUT2D eigenvalue weighted by atomic mass is 16.5. The first-order chi connectivity index (χ1) is 19.1. The van der Waals surface area contributed by atoms with Crippen molar-refractivity contribution in [1.29, 1.82) is 0 Å². The molecule has 0 amide bonds. The van der Waals surface area contributed by atoms with Crippen LogP contribution in [0.25, 0.3) is 0 Å². The largest absolute Gasteiger partial charge is 0.493 e. The molecule has 5 N–H and O–H groups in total. The lowest BCUT2D eigenvalue weighted by molar-refractivity contribution is -0.170. The number of hydrogen-bond acceptors (Lipinski definition) is 8. The van der Waals surface area contributed by atoms with Gasteiger partial charge in [-0.3, -0.25) is 19.5 Å². The third kappa shape index (κ3) is 9.51. The highest BCUT2D eigenvalue weighted by molar-refractivity contribution is 5.88. The van der Waals surface area contributed by atoms with Crippen LogP contribution in [0.3, 0.4) is 0 Å². The van der Waals surface area contributed by atoms with Crippen molar-refractivity contribution >= 4 is 17.9 Å². The maximum absolute atomic E-state index is 10.3. The maximum Gasteiger partial charge on any atom is 0.336 e. The second-order valence-corrected chi connectivity index (χ2v) is 12.2. The van der Waals surface area contributed by atoms with Gasteiger partial charge in [-0.1, -0.05) is 18.2 Å². The van der Waals surface area contributed by atoms with E-state index < -0.39 is 36.4 Å². The van der Waals surface area contributed by atoms with E-state index in [1.165, 1.54) is 11.1 Å². The number of piperidine rings is 1. The number of benzene rings is 1. The lowest BCUT2D eigenvalue weighted by Gasteiger charge is -2.49. The molecular formula is C30H41N3O8. The van der Waals surface area contributed by atoms with Gasteiger partial charge in [-0.2, -0.15) is 0 Å². The molecular weight excluding hydrogens is 530 g/mol. The zero-order chi connectivity index (χ0) is 30.4. The minimum atomic E-state index is -2.74. The summed E-state index contributed by atoms with van der Waals surface area (Å²) in [6.45, 7) is 11.9. The molecule has 11 nitrogen and oxygen atoms in total. The Balaban J connectivity index is 0.000000302. The van der Waals surface area contributed by atoms with Gasteiger partial charge in [0.2, 0.25) is 0 Å². The molecule has 2 aliphatic rings. The number of carbonyl (C=O) groups is 3. The number of ether oxygens (including phenoxy) is 1. The van der Waals surface area contributed by atoms with Crippen molar-refractivity contribution in [1.82, 2.24) is 15.2 Å². The lowest BCUT2D eigenvalue weighted by Crippen LogP contribution is -2.62. The lowest BCUT2D eigenvalue weighted by atomic mass is 9.79. The fourth-order valence-electron chi connectivity index (χ4n) is 5.83. The first-order valence-electron chi connectivity index (χ1n) is 13.6. The van der Waals surface area contributed by atoms with Crippen molar-refractivity contribution in [3.63, 3.8) is 0 Å². The molecule has 0 atom stereocenters. The summed E-state index contributed by atoms with van der Waals surface area (Å²) in [5.41, 5.74) is 1.37. The van der Waals surface area contributed by atoms with Gasteiger partial charge in [-0.25, -0.2) is 4.79 Å². The van der Waals surface area contributed by atoms with Gasteiger partial charge in [0.1, 0.15) is 5.75 Å². The van der Waals surface area contributed by atoms with Crippen LogP contribution in [0.2, 0.25) is 0 Å². The smallest absolute Gasteiger partial charge is 0.336 e. The normalized spacial score (nSPS) is 17.6. The molecule has 41 heavy (non-hydrogen) atoms. The van der Waals surface area contributed by atoms with E-state index in [1.807, 2.05) is 12.3 Å². The summed E-state index contributed by atoms with van der Waals surface area (Å²) >= 11 is 0. The average Bonchev–Trinajstić information content (AvgIpc) is 3.30. The molecule has 2 aromatic rings. The zero-order valence-electron chi connectivity index (χ0n) is 24.1. The van der Waals surface area contributed by atoms with Crippen molar-refractivity contribution in [2.45, 2.75) is 95.6 Å². The number of hydrogen-bond donors (Lipinski definition) is 5. The number of nitrogens with one attached hydrogen (secondary N) is 1. The van der Waals surface area contributed by atoms with Crippen LogP contribution < -0.4 is 10.1 Å². The van der Waals surface area contributed by atoms with E-state index in [9.17, 15) is 14.4 Å². The SMILES string of the molecule is CC1(C)CC(N(Cc2ccc3c(c2)CCO3)Cc2ccccn2)CC(C)(C)N1.O=C(O)CC(O)(CC(=O)O)C(=O)O. The Labute approximate surface area is 240 Å². The second-order valence-electron chi connectivity index (χ2n) is 12.2. The summed E-state index contributed by atoms with van der Waals surface area (Å²) < 4.78 is 5.69. The van der Waals surface area contributed by atoms with Crippen LogP contribution in [0.5, 0.6) is 5.75 Å². The molecule has 0 radical (unpaired) electrons. The van der Waals surface area contributed by atoms with Gasteiger partial charge < -0.3 is 30.5 Å². The maximum atomic E-state index is 10.3. The molecule has 1 fully saturated rings. The van der Waals surface area contributed by atoms with E-state index in [-0.39, 0.29) is 11.1 Å². The molecule has 0 aliphatic carbocycles. The predicted octanol–water partition coefficient (Wildman–Crippen LogP) is 3.08. The molecule has 224 valence electrons. The fraction of sp³-hybridized carbons (Fsp3) is 0.533. The van der Waals surface area contributed by atoms with Crippen molar-refractivity contribution in [3.05, 3.63) is 59.4 Å². The zero-order valence-corrected chi connectivity index (χ0v) is 24.1. The summed E-state index contributed by atoms with van der Waals surface area (Å²) in [5, 5.41) is 37.6. The van der Waals surface area contributed by atoms with Crippen LogP contribution in [0.4, 0.5) is 0 Å². The average molecular weight is 572 g/mol. The van der Waals surface area contributed by atoms with Crippen molar-refractivity contribution in [3.8, 4) is 5.75 Å². The number of aromatic nitrogens is 1. The van der Waals surface area contributed by atoms with Crippen LogP contribution >= 0.6 is 0 Å². The number of rotatable bonds is 10. The third-order valence-corrected chi connectivity index (χ3v) is 7.20. The van der Waals surface area contributed by atoms with E-state index >= 15 is 0 Å². The quantitative estimate of drug-likeness (QED) is 0.284. The van der Waals surface area contributed by atoms with Crippen LogP contribution in [-0.4, -0.2) is 77.5 Å². The molecule has 0 spiro atoms. The fourth-order valence-corrected chi connectivity index (χ4v) is 5.83. The Morgan fingerprint density at radius 3 is 2.17 bits per heavy atom. The molecule has 11 heteroatoms. The summed E-state index contributed by atoms with van der Waals surface area (Å²) in [4.78, 5) is 37.7. The summed E-state index contributed by atoms with van der Waals surface area (Å²) in [7, 11) is 0. The minimum absolute atomic E-state index is 0.126. The second kappa shape index (κ2) is 13.0. The first-order valence-corrected chi connectivity index (χ1v) is 13.6. The van der Waals surface area contributed by atoms with Gasteiger partial charge in [0.15, 0.2) is 5.60 Å². The molecule has 0 bridgehead atoms. The Kier molecular flexibility index (Phi) is 10.1. The van der Waals surface area contributed by atoms with Crippen LogP contribution in [-0.2, 0) is 33.9 Å². The topological polar surface area (TPSA) is 170 Å². The number of aliphatic hydroxyl groups is 1. The molecule has 1 saturated heterocycles. The minimum Gasteiger partial charge on any atom is -0.493 e. The first kappa shape index (κ1) is 32.0. The highest BCUT2D eigenvalue weighted by Crippen LogP contribution is 2.34. The van der Waals surface area contributed by atoms with Gasteiger partial charge >= 0.3 is 17.9 Å². The summed E-state index contributed by atoms with van der Waals surface area (Å²) in [6.07, 6.45) is 2.91. The molecule has 1 aromatic carbocycles. The summed E-state index contributed by atoms with van der Waals surface area (Å²) in [6, 6.07) is 13.4. The van der Waals surface area contributed by atoms with E-state index in [0.717, 1.165) is 50.4 Å². The number of fused-ring (bicyclic) bond motifs is 1. The summed E-state index contributed by atoms with van der Waals surface area (Å²) in [5.74, 6) is -3.96. The van der Waals surface area contributed by atoms with Crippen LogP contribution in [0.15, 0.2) is 42.6 Å². The van der Waals surface area contributed by atoms with Gasteiger partial charge in [0, 0.05) is 42.8 Å². The Morgan fingerprint density at radius 1 is 1.00 bits per heavy atom. The van der Waals surface area contributed by atoms with Crippen molar-refractivity contribution in [2.75, 3.05) is 6.61 Å². The number of nitrogens with zero attached hydrogens (tertiary/aromatic N) is 2. The number of aliphatic carboxylic acids is 3. The Morgan fingerprint density at radius 2 is 1.63 bits per heavy atom. The van der Waals surface area contributed by atoms with Crippen molar-refractivity contribution in [2.24, 2.45) is 0 Å². The Hall–Kier alpha value is -3.54. The number of carboxylic acids is 3. The van der Waals surface area contributed by atoms with Gasteiger partial charge in [-0.15, -0.1) is 0 Å². The van der Waals surface area contributed by atoms with Gasteiger partial charge in [0.05, 0.1) is 25.1 Å². The third-order valence-electron chi connectivity index (χ3n) is 7.20. The Bertz CT molecular complexity index is 1200. The highest BCUT2D eigenvalue weighted by Gasteiger charge is 2.41. The van der Waals surface area contributed by atoms with E-state index in [1.54, 1.807) is 0 Å². The van der Waals surface area contributed by atoms with Gasteiger partial charge in [-0.05, 0) is 69.9 Å². The van der Waals surface area contributed by atoms with E-state index in [2.05, 4.69) is 73.2 Å². The van der Waals surface area contributed by atoms with Crippen molar-refractivity contribution < 1.29 is 39.5 Å². The predicted molar refractivity (Wildman–Crippen MR) is 151 cm³/mol. The molecule has 0 unspecified atom stereocenters.